The van der Waals surface area contributed by atoms with Gasteiger partial charge in [0.05, 0.1) is 10.0 Å². The molecular formula is C30H34Cl2N2O3. The van der Waals surface area contributed by atoms with Crippen LogP contribution in [-0.2, 0) is 22.6 Å². The summed E-state index contributed by atoms with van der Waals surface area (Å²) >= 11 is 12.4. The standard InChI is InChI=1S/C30H34Cl2N2O3/c1-5-22(4)33-30(36)28(17-23-9-7-6-8-10-23)34(18-24-12-14-26(31)27(32)16-24)29(35)19-37-25-13-11-20(2)21(3)15-25/h6-16,22,28H,5,17-19H2,1-4H3,(H,33,36)/t22-,28-/m1/s1. The zero-order chi connectivity index (χ0) is 26.9. The molecule has 0 spiro atoms. The molecule has 3 aromatic carbocycles. The lowest BCUT2D eigenvalue weighted by molar-refractivity contribution is -0.143. The van der Waals surface area contributed by atoms with Crippen LogP contribution in [0, 0.1) is 13.8 Å². The van der Waals surface area contributed by atoms with E-state index in [4.69, 9.17) is 27.9 Å². The van der Waals surface area contributed by atoms with Crippen molar-refractivity contribution in [3.8, 4) is 5.75 Å². The van der Waals surface area contributed by atoms with Crippen molar-refractivity contribution < 1.29 is 14.3 Å². The van der Waals surface area contributed by atoms with Crippen LogP contribution in [-0.4, -0.2) is 35.4 Å². The predicted molar refractivity (Wildman–Crippen MR) is 150 cm³/mol. The van der Waals surface area contributed by atoms with Crippen LogP contribution in [0.15, 0.2) is 66.7 Å². The number of ether oxygens (including phenoxy) is 1. The molecule has 0 saturated heterocycles. The van der Waals surface area contributed by atoms with E-state index in [1.54, 1.807) is 17.0 Å². The molecule has 0 heterocycles. The first-order chi connectivity index (χ1) is 17.7. The smallest absolute Gasteiger partial charge is 0.261 e. The average Bonchev–Trinajstić information content (AvgIpc) is 2.89. The molecule has 2 atom stereocenters. The van der Waals surface area contributed by atoms with E-state index < -0.39 is 6.04 Å². The first kappa shape index (κ1) is 28.5. The van der Waals surface area contributed by atoms with E-state index in [1.807, 2.05) is 82.3 Å². The fourth-order valence-corrected chi connectivity index (χ4v) is 4.18. The van der Waals surface area contributed by atoms with Gasteiger partial charge in [0, 0.05) is 19.0 Å². The number of hydrogen-bond donors (Lipinski definition) is 1. The van der Waals surface area contributed by atoms with E-state index in [2.05, 4.69) is 5.32 Å². The molecular weight excluding hydrogens is 507 g/mol. The molecule has 0 aliphatic carbocycles. The van der Waals surface area contributed by atoms with Gasteiger partial charge in [-0.25, -0.2) is 0 Å². The highest BCUT2D eigenvalue weighted by molar-refractivity contribution is 6.42. The van der Waals surface area contributed by atoms with Crippen LogP contribution in [0.1, 0.15) is 42.5 Å². The molecule has 7 heteroatoms. The van der Waals surface area contributed by atoms with Crippen LogP contribution in [0.25, 0.3) is 0 Å². The third-order valence-electron chi connectivity index (χ3n) is 6.45. The van der Waals surface area contributed by atoms with Gasteiger partial charge in [-0.3, -0.25) is 9.59 Å². The number of nitrogens with zero attached hydrogens (tertiary/aromatic N) is 1. The Hall–Kier alpha value is -3.02. The van der Waals surface area contributed by atoms with Crippen molar-refractivity contribution in [2.24, 2.45) is 0 Å². The summed E-state index contributed by atoms with van der Waals surface area (Å²) in [5, 5.41) is 3.88. The fraction of sp³-hybridized carbons (Fsp3) is 0.333. The van der Waals surface area contributed by atoms with Gasteiger partial charge in [0.1, 0.15) is 11.8 Å². The summed E-state index contributed by atoms with van der Waals surface area (Å²) in [5.74, 6) is 0.0944. The maximum atomic E-state index is 13.7. The van der Waals surface area contributed by atoms with E-state index >= 15 is 0 Å². The first-order valence-corrected chi connectivity index (χ1v) is 13.2. The maximum Gasteiger partial charge on any atom is 0.261 e. The summed E-state index contributed by atoms with van der Waals surface area (Å²) < 4.78 is 5.88. The van der Waals surface area contributed by atoms with Gasteiger partial charge in [0.15, 0.2) is 6.61 Å². The van der Waals surface area contributed by atoms with Crippen LogP contribution >= 0.6 is 23.2 Å². The highest BCUT2D eigenvalue weighted by Gasteiger charge is 2.31. The molecule has 0 aliphatic rings. The minimum absolute atomic E-state index is 0.0283. The van der Waals surface area contributed by atoms with Gasteiger partial charge in [0.25, 0.3) is 5.91 Å². The summed E-state index contributed by atoms with van der Waals surface area (Å²) in [4.78, 5) is 28.8. The summed E-state index contributed by atoms with van der Waals surface area (Å²) in [6.45, 7) is 7.95. The van der Waals surface area contributed by atoms with Gasteiger partial charge in [-0.1, -0.05) is 72.6 Å². The molecule has 0 aromatic heterocycles. The van der Waals surface area contributed by atoms with E-state index in [0.717, 1.165) is 28.7 Å². The topological polar surface area (TPSA) is 58.6 Å². The molecule has 37 heavy (non-hydrogen) atoms. The Morgan fingerprint density at radius 2 is 1.65 bits per heavy atom. The van der Waals surface area contributed by atoms with Crippen LogP contribution in [0.3, 0.4) is 0 Å². The van der Waals surface area contributed by atoms with E-state index in [9.17, 15) is 9.59 Å². The summed E-state index contributed by atoms with van der Waals surface area (Å²) in [5.41, 5.74) is 3.94. The Balaban J connectivity index is 1.93. The Morgan fingerprint density at radius 1 is 0.919 bits per heavy atom. The molecule has 0 aliphatic heterocycles. The van der Waals surface area contributed by atoms with Gasteiger partial charge >= 0.3 is 0 Å². The minimum atomic E-state index is -0.748. The van der Waals surface area contributed by atoms with Crippen molar-refractivity contribution in [1.29, 1.82) is 0 Å². The summed E-state index contributed by atoms with van der Waals surface area (Å²) in [7, 11) is 0. The molecule has 3 aromatic rings. The molecule has 0 fully saturated rings. The van der Waals surface area contributed by atoms with Crippen molar-refractivity contribution in [2.75, 3.05) is 6.61 Å². The number of halogens is 2. The van der Waals surface area contributed by atoms with E-state index in [1.165, 1.54) is 0 Å². The van der Waals surface area contributed by atoms with E-state index in [0.29, 0.717) is 22.2 Å². The lowest BCUT2D eigenvalue weighted by atomic mass is 10.0. The third-order valence-corrected chi connectivity index (χ3v) is 7.19. The Bertz CT molecular complexity index is 1220. The Kier molecular flexibility index (Phi) is 10.4. The highest BCUT2D eigenvalue weighted by atomic mass is 35.5. The van der Waals surface area contributed by atoms with Crippen molar-refractivity contribution >= 4 is 35.0 Å². The SMILES string of the molecule is CC[C@@H](C)NC(=O)[C@@H](Cc1ccccc1)N(Cc1ccc(Cl)c(Cl)c1)C(=O)COc1ccc(C)c(C)c1. The third kappa shape index (κ3) is 8.24. The number of rotatable bonds is 11. The second kappa shape index (κ2) is 13.5. The molecule has 2 amide bonds. The van der Waals surface area contributed by atoms with Crippen LogP contribution in [0.4, 0.5) is 0 Å². The first-order valence-electron chi connectivity index (χ1n) is 12.5. The molecule has 0 radical (unpaired) electrons. The second-order valence-corrected chi connectivity index (χ2v) is 10.1. The quantitative estimate of drug-likeness (QED) is 0.300. The minimum Gasteiger partial charge on any atom is -0.484 e. The Morgan fingerprint density at radius 3 is 2.30 bits per heavy atom. The van der Waals surface area contributed by atoms with Crippen molar-refractivity contribution in [1.82, 2.24) is 10.2 Å². The average molecular weight is 542 g/mol. The predicted octanol–water partition coefficient (Wildman–Crippen LogP) is 6.54. The van der Waals surface area contributed by atoms with Gasteiger partial charge in [-0.05, 0) is 73.7 Å². The number of nitrogens with one attached hydrogen (secondary N) is 1. The van der Waals surface area contributed by atoms with Gasteiger partial charge < -0.3 is 15.0 Å². The zero-order valence-corrected chi connectivity index (χ0v) is 23.3. The van der Waals surface area contributed by atoms with Crippen LogP contribution < -0.4 is 10.1 Å². The molecule has 0 bridgehead atoms. The second-order valence-electron chi connectivity index (χ2n) is 9.33. The van der Waals surface area contributed by atoms with Gasteiger partial charge in [-0.2, -0.15) is 0 Å². The number of aryl methyl sites for hydroxylation is 2. The van der Waals surface area contributed by atoms with Crippen molar-refractivity contribution in [3.05, 3.63) is 99.0 Å². The van der Waals surface area contributed by atoms with Gasteiger partial charge in [-0.15, -0.1) is 0 Å². The number of hydrogen-bond acceptors (Lipinski definition) is 3. The monoisotopic (exact) mass is 540 g/mol. The molecule has 0 saturated carbocycles. The van der Waals surface area contributed by atoms with Gasteiger partial charge in [0.2, 0.25) is 5.91 Å². The zero-order valence-electron chi connectivity index (χ0n) is 21.8. The lowest BCUT2D eigenvalue weighted by Crippen LogP contribution is -2.53. The molecule has 1 N–H and O–H groups in total. The highest BCUT2D eigenvalue weighted by Crippen LogP contribution is 2.25. The molecule has 3 rings (SSSR count). The molecule has 0 unspecified atom stereocenters. The summed E-state index contributed by atoms with van der Waals surface area (Å²) in [6, 6.07) is 19.8. The number of amides is 2. The molecule has 196 valence electrons. The molecule has 5 nitrogen and oxygen atoms in total. The number of carbonyl (C=O) groups excluding carboxylic acids is 2. The maximum absolute atomic E-state index is 13.7. The van der Waals surface area contributed by atoms with Crippen LogP contribution in [0.5, 0.6) is 5.75 Å². The van der Waals surface area contributed by atoms with Crippen molar-refractivity contribution in [3.63, 3.8) is 0 Å². The largest absolute Gasteiger partial charge is 0.484 e. The van der Waals surface area contributed by atoms with Crippen molar-refractivity contribution in [2.45, 2.75) is 59.2 Å². The number of carbonyl (C=O) groups is 2. The lowest BCUT2D eigenvalue weighted by Gasteiger charge is -2.32. The Labute approximate surface area is 229 Å². The normalized spacial score (nSPS) is 12.5. The fourth-order valence-electron chi connectivity index (χ4n) is 3.86. The summed E-state index contributed by atoms with van der Waals surface area (Å²) in [6.07, 6.45) is 1.14. The van der Waals surface area contributed by atoms with Crippen LogP contribution in [0.2, 0.25) is 10.0 Å². The van der Waals surface area contributed by atoms with E-state index in [-0.39, 0.29) is 31.0 Å². The number of benzene rings is 3.